The molecule has 3 N–H and O–H groups in total. The van der Waals surface area contributed by atoms with Crippen LogP contribution in [0, 0.1) is 5.92 Å². The smallest absolute Gasteiger partial charge is 0.380 e. The molecule has 1 aromatic carbocycles. The van der Waals surface area contributed by atoms with E-state index in [0.717, 1.165) is 12.3 Å². The third-order valence-electron chi connectivity index (χ3n) is 5.59. The number of H-pyrrole nitrogens is 1. The Bertz CT molecular complexity index is 1240. The summed E-state index contributed by atoms with van der Waals surface area (Å²) in [5, 5.41) is 21.4. The molecule has 1 aliphatic rings. The molecule has 3 rings (SSSR count). The molecule has 0 spiro atoms. The van der Waals surface area contributed by atoms with Gasteiger partial charge in [0.2, 0.25) is 0 Å². The van der Waals surface area contributed by atoms with E-state index in [2.05, 4.69) is 0 Å². The highest BCUT2D eigenvalue weighted by Gasteiger charge is 2.57. The number of aliphatic hydroxyl groups excluding tert-OH is 1. The fourth-order valence-corrected chi connectivity index (χ4v) is 5.59. The molecule has 37 heavy (non-hydrogen) atoms. The number of carbonyl (C=O) groups excluding carboxylic acids is 1. The van der Waals surface area contributed by atoms with E-state index in [4.69, 9.17) is 18.5 Å². The first kappa shape index (κ1) is 28.7. The van der Waals surface area contributed by atoms with Crippen LogP contribution in [0.15, 0.2) is 52.2 Å². The molecule has 1 aliphatic heterocycles. The maximum absolute atomic E-state index is 13.9. The fourth-order valence-electron chi connectivity index (χ4n) is 3.72. The number of hydrogen-bond acceptors (Lipinski definition) is 10. The van der Waals surface area contributed by atoms with Gasteiger partial charge in [0.25, 0.3) is 5.56 Å². The highest BCUT2D eigenvalue weighted by atomic mass is 31.2. The van der Waals surface area contributed by atoms with Crippen molar-refractivity contribution in [2.24, 2.45) is 5.92 Å². The number of hydrogen-bond donors (Lipinski definition) is 3. The number of benzene rings is 1. The number of halogens is 1. The second kappa shape index (κ2) is 11.7. The van der Waals surface area contributed by atoms with Gasteiger partial charge in [0, 0.05) is 12.3 Å². The number of nitrogens with zero attached hydrogens (tertiary/aromatic N) is 1. The van der Waals surface area contributed by atoms with Crippen molar-refractivity contribution in [3.05, 3.63) is 63.4 Å². The number of rotatable bonds is 11. The van der Waals surface area contributed by atoms with Crippen LogP contribution < -0.4 is 15.8 Å². The monoisotopic (exact) mass is 544 g/mol. The summed E-state index contributed by atoms with van der Waals surface area (Å²) in [7, 11) is -4.12. The summed E-state index contributed by atoms with van der Waals surface area (Å²) >= 11 is 0. The van der Waals surface area contributed by atoms with Crippen molar-refractivity contribution in [3.8, 4) is 5.75 Å². The first-order valence-electron chi connectivity index (χ1n) is 11.5. The minimum atomic E-state index is -4.12. The van der Waals surface area contributed by atoms with Crippen molar-refractivity contribution in [2.45, 2.75) is 50.9 Å². The Hall–Kier alpha value is -2.83. The van der Waals surface area contributed by atoms with E-state index in [-0.39, 0.29) is 5.75 Å². The van der Waals surface area contributed by atoms with Crippen LogP contribution >= 0.6 is 7.60 Å². The summed E-state index contributed by atoms with van der Waals surface area (Å²) < 4.78 is 50.2. The molecule has 6 atom stereocenters. The van der Waals surface area contributed by atoms with Gasteiger partial charge in [-0.05, 0) is 26.0 Å². The summed E-state index contributed by atoms with van der Waals surface area (Å²) in [6.45, 7) is 2.63. The Balaban J connectivity index is 1.83. The number of carbonyl (C=O) groups is 1. The van der Waals surface area contributed by atoms with Crippen molar-refractivity contribution in [3.63, 3.8) is 0 Å². The van der Waals surface area contributed by atoms with Gasteiger partial charge in [-0.15, -0.1) is 0 Å². The lowest BCUT2D eigenvalue weighted by atomic mass is 9.95. The first-order valence-corrected chi connectivity index (χ1v) is 13.2. The van der Waals surface area contributed by atoms with E-state index >= 15 is 0 Å². The predicted octanol–water partition coefficient (Wildman–Crippen LogP) is 1.37. The van der Waals surface area contributed by atoms with Crippen molar-refractivity contribution < 1.29 is 42.5 Å². The maximum atomic E-state index is 13.9. The van der Waals surface area contributed by atoms with Crippen LogP contribution in [-0.2, 0) is 23.4 Å². The SMILES string of the molecule is CC(C)OC(=O)[C@H](C)C[P@@](=O)(OC[C@H]1O[C@@H](n2ccc(=O)[nH]c2=O)C(O)(CF)[C@H]1O)Oc1ccccc1. The van der Waals surface area contributed by atoms with Gasteiger partial charge in [0.1, 0.15) is 24.6 Å². The molecule has 14 heteroatoms. The number of nitrogens with one attached hydrogen (secondary N) is 1. The van der Waals surface area contributed by atoms with Crippen LogP contribution in [0.3, 0.4) is 0 Å². The number of esters is 1. The molecule has 0 saturated carbocycles. The van der Waals surface area contributed by atoms with Gasteiger partial charge < -0.3 is 24.2 Å². The lowest BCUT2D eigenvalue weighted by Crippen LogP contribution is -2.51. The Labute approximate surface area is 211 Å². The maximum Gasteiger partial charge on any atom is 0.380 e. The molecule has 2 aromatic rings. The zero-order chi connectivity index (χ0) is 27.4. The molecule has 2 heterocycles. The molecular weight excluding hydrogens is 514 g/mol. The molecule has 1 unspecified atom stereocenters. The topological polar surface area (TPSA) is 166 Å². The Morgan fingerprint density at radius 3 is 2.51 bits per heavy atom. The summed E-state index contributed by atoms with van der Waals surface area (Å²) in [6.07, 6.45) is -4.94. The van der Waals surface area contributed by atoms with Gasteiger partial charge in [0.15, 0.2) is 11.8 Å². The Kier molecular flexibility index (Phi) is 9.09. The molecule has 0 aliphatic carbocycles. The van der Waals surface area contributed by atoms with E-state index < -0.39 is 80.3 Å². The third-order valence-corrected chi connectivity index (χ3v) is 7.61. The average Bonchev–Trinajstić information content (AvgIpc) is 3.08. The van der Waals surface area contributed by atoms with Crippen LogP contribution in [0.4, 0.5) is 4.39 Å². The number of alkyl halides is 1. The van der Waals surface area contributed by atoms with E-state index in [1.165, 1.54) is 19.1 Å². The highest BCUT2D eigenvalue weighted by Crippen LogP contribution is 2.51. The van der Waals surface area contributed by atoms with Crippen molar-refractivity contribution >= 4 is 13.6 Å². The van der Waals surface area contributed by atoms with Crippen molar-refractivity contribution in [1.82, 2.24) is 9.55 Å². The average molecular weight is 544 g/mol. The summed E-state index contributed by atoms with van der Waals surface area (Å²) in [5.74, 6) is -1.35. The number of para-hydroxylation sites is 1. The molecule has 0 amide bonds. The van der Waals surface area contributed by atoms with Gasteiger partial charge >= 0.3 is 19.3 Å². The van der Waals surface area contributed by atoms with Crippen LogP contribution in [0.5, 0.6) is 5.75 Å². The molecule has 1 aromatic heterocycles. The summed E-state index contributed by atoms with van der Waals surface area (Å²) in [5.41, 5.74) is -4.32. The minimum Gasteiger partial charge on any atom is -0.463 e. The van der Waals surface area contributed by atoms with E-state index in [0.29, 0.717) is 4.57 Å². The third kappa shape index (κ3) is 6.74. The lowest BCUT2D eigenvalue weighted by molar-refractivity contribution is -0.151. The quantitative estimate of drug-likeness (QED) is 0.278. The molecule has 204 valence electrons. The molecular formula is C23H30FN2O10P. The zero-order valence-corrected chi connectivity index (χ0v) is 21.4. The lowest BCUT2D eigenvalue weighted by Gasteiger charge is -2.28. The Morgan fingerprint density at radius 2 is 1.92 bits per heavy atom. The first-order chi connectivity index (χ1) is 17.4. The zero-order valence-electron chi connectivity index (χ0n) is 20.5. The standard InChI is InChI=1S/C23H30FN2O10P/c1-14(2)34-20(29)15(3)12-37(32,36-16-7-5-4-6-8-16)33-11-17-19(28)23(31,13-24)21(35-17)26-10-9-18(27)25-22(26)30/h4-10,14-15,17,19,21,28,31H,11-13H2,1-3H3,(H,25,27,30)/t15-,17-,19+,21-,23?,37-/m1/s1. The molecule has 0 bridgehead atoms. The second-order valence-electron chi connectivity index (χ2n) is 8.99. The van der Waals surface area contributed by atoms with Gasteiger partial charge in [-0.1, -0.05) is 25.1 Å². The summed E-state index contributed by atoms with van der Waals surface area (Å²) in [4.78, 5) is 37.9. The number of aromatic amines is 1. The van der Waals surface area contributed by atoms with Crippen LogP contribution in [0.2, 0.25) is 0 Å². The van der Waals surface area contributed by atoms with Crippen LogP contribution in [0.25, 0.3) is 0 Å². The molecule has 12 nitrogen and oxygen atoms in total. The van der Waals surface area contributed by atoms with Crippen molar-refractivity contribution in [1.29, 1.82) is 0 Å². The number of ether oxygens (including phenoxy) is 2. The predicted molar refractivity (Wildman–Crippen MR) is 128 cm³/mol. The van der Waals surface area contributed by atoms with Gasteiger partial charge in [0.05, 0.1) is 24.8 Å². The van der Waals surface area contributed by atoms with Crippen LogP contribution in [-0.4, -0.2) is 69.1 Å². The van der Waals surface area contributed by atoms with E-state index in [1.807, 2.05) is 4.98 Å². The van der Waals surface area contributed by atoms with Crippen LogP contribution in [0.1, 0.15) is 27.0 Å². The molecule has 0 radical (unpaired) electrons. The van der Waals surface area contributed by atoms with Crippen molar-refractivity contribution in [2.75, 3.05) is 19.4 Å². The number of aliphatic hydroxyl groups is 2. The largest absolute Gasteiger partial charge is 0.463 e. The number of aromatic nitrogens is 2. The van der Waals surface area contributed by atoms with Gasteiger partial charge in [-0.25, -0.2) is 13.8 Å². The summed E-state index contributed by atoms with van der Waals surface area (Å²) in [6, 6.07) is 8.98. The normalized spacial score (nSPS) is 26.0. The fraction of sp³-hybridized carbons (Fsp3) is 0.522. The van der Waals surface area contributed by atoms with E-state index in [9.17, 15) is 33.6 Å². The Morgan fingerprint density at radius 1 is 1.24 bits per heavy atom. The minimum absolute atomic E-state index is 0.182. The van der Waals surface area contributed by atoms with Gasteiger partial charge in [-0.2, -0.15) is 0 Å². The highest BCUT2D eigenvalue weighted by molar-refractivity contribution is 7.54. The second-order valence-corrected chi connectivity index (χ2v) is 11.0. The van der Waals surface area contributed by atoms with E-state index in [1.54, 1.807) is 32.0 Å². The van der Waals surface area contributed by atoms with Gasteiger partial charge in [-0.3, -0.25) is 23.7 Å². The molecule has 1 fully saturated rings. The molecule has 1 saturated heterocycles.